The second-order valence-corrected chi connectivity index (χ2v) is 5.80. The first-order valence-electron chi connectivity index (χ1n) is 7.37. The van der Waals surface area contributed by atoms with Gasteiger partial charge in [-0.25, -0.2) is 4.39 Å². The fourth-order valence-electron chi connectivity index (χ4n) is 2.94. The van der Waals surface area contributed by atoms with Crippen LogP contribution < -0.4 is 10.2 Å². The van der Waals surface area contributed by atoms with Crippen LogP contribution in [0.4, 0.5) is 10.1 Å². The Bertz CT molecular complexity index is 419. The number of rotatable bonds is 5. The third kappa shape index (κ3) is 3.47. The number of halogens is 1. The molecule has 2 unspecified atom stereocenters. The number of nitrogens with one attached hydrogen (secondary N) is 1. The lowest BCUT2D eigenvalue weighted by Gasteiger charge is -2.24. The molecule has 0 radical (unpaired) electrons. The maximum atomic E-state index is 14.2. The first-order valence-corrected chi connectivity index (χ1v) is 7.37. The van der Waals surface area contributed by atoms with Gasteiger partial charge in [-0.1, -0.05) is 19.9 Å². The summed E-state index contributed by atoms with van der Waals surface area (Å²) < 4.78 is 14.2. The summed E-state index contributed by atoms with van der Waals surface area (Å²) in [7, 11) is 0. The van der Waals surface area contributed by atoms with E-state index in [1.807, 2.05) is 12.1 Å². The molecule has 0 spiro atoms. The summed E-state index contributed by atoms with van der Waals surface area (Å²) >= 11 is 0. The van der Waals surface area contributed by atoms with Crippen LogP contribution in [0.15, 0.2) is 18.2 Å². The molecule has 1 aromatic carbocycles. The van der Waals surface area contributed by atoms with Gasteiger partial charge in [0.15, 0.2) is 0 Å². The number of hydrogen-bond donors (Lipinski definition) is 1. The van der Waals surface area contributed by atoms with Gasteiger partial charge in [-0.2, -0.15) is 0 Å². The predicted molar refractivity (Wildman–Crippen MR) is 79.0 cm³/mol. The minimum Gasteiger partial charge on any atom is -0.366 e. The Hall–Kier alpha value is -1.09. The summed E-state index contributed by atoms with van der Waals surface area (Å²) in [4.78, 5) is 2.20. The van der Waals surface area contributed by atoms with Gasteiger partial charge in [0.2, 0.25) is 0 Å². The Morgan fingerprint density at radius 1 is 1.37 bits per heavy atom. The molecule has 0 aromatic heterocycles. The van der Waals surface area contributed by atoms with Crippen LogP contribution in [0.2, 0.25) is 0 Å². The van der Waals surface area contributed by atoms with Crippen LogP contribution >= 0.6 is 0 Å². The van der Waals surface area contributed by atoms with E-state index in [1.54, 1.807) is 6.07 Å². The minimum atomic E-state index is -0.0863. The summed E-state index contributed by atoms with van der Waals surface area (Å²) in [6, 6.07) is 6.09. The summed E-state index contributed by atoms with van der Waals surface area (Å²) in [6.45, 7) is 9.23. The molecule has 2 rings (SSSR count). The molecule has 1 aliphatic heterocycles. The van der Waals surface area contributed by atoms with Crippen LogP contribution in [0.1, 0.15) is 39.2 Å². The molecule has 0 amide bonds. The van der Waals surface area contributed by atoms with Crippen LogP contribution in [-0.4, -0.2) is 19.1 Å². The van der Waals surface area contributed by atoms with E-state index < -0.39 is 0 Å². The second kappa shape index (κ2) is 6.38. The summed E-state index contributed by atoms with van der Waals surface area (Å²) in [5.74, 6) is 0.567. The average molecular weight is 264 g/mol. The summed E-state index contributed by atoms with van der Waals surface area (Å²) in [5, 5.41) is 3.30. The highest BCUT2D eigenvalue weighted by molar-refractivity contribution is 5.51. The maximum absolute atomic E-state index is 14.2. The molecular formula is C16H25FN2. The molecule has 106 valence electrons. The van der Waals surface area contributed by atoms with Gasteiger partial charge in [0.1, 0.15) is 5.82 Å². The van der Waals surface area contributed by atoms with Crippen molar-refractivity contribution in [1.82, 2.24) is 5.32 Å². The molecule has 2 atom stereocenters. The van der Waals surface area contributed by atoms with E-state index in [4.69, 9.17) is 0 Å². The maximum Gasteiger partial charge on any atom is 0.146 e. The van der Waals surface area contributed by atoms with Crippen LogP contribution in [0, 0.1) is 11.7 Å². The number of nitrogens with zero attached hydrogens (tertiary/aromatic N) is 1. The molecular weight excluding hydrogens is 239 g/mol. The number of benzene rings is 1. The van der Waals surface area contributed by atoms with E-state index in [0.717, 1.165) is 43.7 Å². The third-order valence-corrected chi connectivity index (χ3v) is 3.86. The molecule has 1 heterocycles. The molecule has 2 nitrogen and oxygen atoms in total. The van der Waals surface area contributed by atoms with Crippen molar-refractivity contribution >= 4 is 5.69 Å². The van der Waals surface area contributed by atoms with Gasteiger partial charge in [0, 0.05) is 19.1 Å². The standard InChI is InChI=1S/C16H25FN2/c1-4-7-18-10-14-5-6-16(15(17)9-14)19-11-12(2)8-13(19)3/h5-6,9,12-13,18H,4,7-8,10-11H2,1-3H3. The quantitative estimate of drug-likeness (QED) is 0.818. The largest absolute Gasteiger partial charge is 0.366 e. The lowest BCUT2D eigenvalue weighted by atomic mass is 10.1. The van der Waals surface area contributed by atoms with Gasteiger partial charge in [0.25, 0.3) is 0 Å². The lowest BCUT2D eigenvalue weighted by Crippen LogP contribution is -2.27. The van der Waals surface area contributed by atoms with Crippen molar-refractivity contribution in [3.05, 3.63) is 29.6 Å². The molecule has 0 bridgehead atoms. The number of hydrogen-bond acceptors (Lipinski definition) is 2. The van der Waals surface area contributed by atoms with Crippen molar-refractivity contribution in [2.45, 2.75) is 46.2 Å². The van der Waals surface area contributed by atoms with Crippen LogP contribution in [0.25, 0.3) is 0 Å². The molecule has 19 heavy (non-hydrogen) atoms. The zero-order valence-electron chi connectivity index (χ0n) is 12.2. The molecule has 0 aliphatic carbocycles. The van der Waals surface area contributed by atoms with E-state index >= 15 is 0 Å². The van der Waals surface area contributed by atoms with Gasteiger partial charge in [-0.15, -0.1) is 0 Å². The van der Waals surface area contributed by atoms with Crippen LogP contribution in [0.3, 0.4) is 0 Å². The highest BCUT2D eigenvalue weighted by Gasteiger charge is 2.27. The van der Waals surface area contributed by atoms with E-state index in [0.29, 0.717) is 12.0 Å². The minimum absolute atomic E-state index is 0.0863. The predicted octanol–water partition coefficient (Wildman–Crippen LogP) is 3.56. The summed E-state index contributed by atoms with van der Waals surface area (Å²) in [5.41, 5.74) is 1.78. The first-order chi connectivity index (χ1) is 9.11. The van der Waals surface area contributed by atoms with E-state index in [-0.39, 0.29) is 5.82 Å². The van der Waals surface area contributed by atoms with Crippen molar-refractivity contribution in [2.24, 2.45) is 5.92 Å². The van der Waals surface area contributed by atoms with Crippen LogP contribution in [-0.2, 0) is 6.54 Å². The normalized spacial score (nSPS) is 23.1. The highest BCUT2D eigenvalue weighted by atomic mass is 19.1. The monoisotopic (exact) mass is 264 g/mol. The fraction of sp³-hybridized carbons (Fsp3) is 0.625. The molecule has 1 N–H and O–H groups in total. The molecule has 1 fully saturated rings. The number of anilines is 1. The highest BCUT2D eigenvalue weighted by Crippen LogP contribution is 2.30. The van der Waals surface area contributed by atoms with Gasteiger partial charge in [-0.3, -0.25) is 0 Å². The molecule has 1 saturated heterocycles. The van der Waals surface area contributed by atoms with Crippen molar-refractivity contribution in [1.29, 1.82) is 0 Å². The SMILES string of the molecule is CCCNCc1ccc(N2CC(C)CC2C)c(F)c1. The second-order valence-electron chi connectivity index (χ2n) is 5.80. The smallest absolute Gasteiger partial charge is 0.146 e. The third-order valence-electron chi connectivity index (χ3n) is 3.86. The molecule has 1 aliphatic rings. The molecule has 1 aromatic rings. The van der Waals surface area contributed by atoms with Crippen molar-refractivity contribution < 1.29 is 4.39 Å². The first kappa shape index (κ1) is 14.3. The van der Waals surface area contributed by atoms with Gasteiger partial charge < -0.3 is 10.2 Å². The van der Waals surface area contributed by atoms with E-state index in [9.17, 15) is 4.39 Å². The van der Waals surface area contributed by atoms with Gasteiger partial charge in [0.05, 0.1) is 5.69 Å². The van der Waals surface area contributed by atoms with E-state index in [2.05, 4.69) is 31.0 Å². The Morgan fingerprint density at radius 3 is 2.74 bits per heavy atom. The van der Waals surface area contributed by atoms with E-state index in [1.165, 1.54) is 0 Å². The fourth-order valence-corrected chi connectivity index (χ4v) is 2.94. The Labute approximate surface area is 116 Å². The van der Waals surface area contributed by atoms with Gasteiger partial charge >= 0.3 is 0 Å². The topological polar surface area (TPSA) is 15.3 Å². The summed E-state index contributed by atoms with van der Waals surface area (Å²) in [6.07, 6.45) is 2.25. The zero-order valence-corrected chi connectivity index (χ0v) is 12.2. The lowest BCUT2D eigenvalue weighted by molar-refractivity contribution is 0.606. The molecule has 0 saturated carbocycles. The average Bonchev–Trinajstić information content (AvgIpc) is 2.69. The van der Waals surface area contributed by atoms with Crippen LogP contribution in [0.5, 0.6) is 0 Å². The van der Waals surface area contributed by atoms with Crippen molar-refractivity contribution in [2.75, 3.05) is 18.0 Å². The Morgan fingerprint density at radius 2 is 2.16 bits per heavy atom. The van der Waals surface area contributed by atoms with Crippen molar-refractivity contribution in [3.63, 3.8) is 0 Å². The zero-order chi connectivity index (χ0) is 13.8. The van der Waals surface area contributed by atoms with Crippen molar-refractivity contribution in [3.8, 4) is 0 Å². The molecule has 3 heteroatoms. The Kier molecular flexibility index (Phi) is 4.81. The van der Waals surface area contributed by atoms with Gasteiger partial charge in [-0.05, 0) is 49.9 Å². The Balaban J connectivity index is 2.06.